The van der Waals surface area contributed by atoms with Crippen LogP contribution in [0.15, 0.2) is 46.9 Å². The van der Waals surface area contributed by atoms with Crippen LogP contribution in [-0.2, 0) is 5.75 Å². The van der Waals surface area contributed by atoms with Crippen molar-refractivity contribution in [3.63, 3.8) is 0 Å². The fourth-order valence-electron chi connectivity index (χ4n) is 1.72. The van der Waals surface area contributed by atoms with Gasteiger partial charge in [0.1, 0.15) is 10.5 Å². The van der Waals surface area contributed by atoms with Gasteiger partial charge in [0.25, 0.3) is 0 Å². The molecular formula is C13H10N2O2S2. The Labute approximate surface area is 117 Å². The molecule has 0 fully saturated rings. The highest BCUT2D eigenvalue weighted by Crippen LogP contribution is 2.27. The number of pyridine rings is 1. The molecule has 0 aliphatic rings. The number of carbonyl (C=O) groups is 1. The van der Waals surface area contributed by atoms with Crippen LogP contribution in [0.3, 0.4) is 0 Å². The number of fused-ring (bicyclic) bond motifs is 1. The molecule has 0 aromatic carbocycles. The van der Waals surface area contributed by atoms with Crippen LogP contribution in [-0.4, -0.2) is 20.5 Å². The Morgan fingerprint density at radius 3 is 3.11 bits per heavy atom. The second kappa shape index (κ2) is 5.07. The first-order valence-electron chi connectivity index (χ1n) is 5.59. The molecule has 0 aliphatic heterocycles. The molecule has 0 aliphatic carbocycles. The topological polar surface area (TPSA) is 54.6 Å². The minimum atomic E-state index is -0.871. The molecule has 0 saturated carbocycles. The van der Waals surface area contributed by atoms with E-state index in [9.17, 15) is 4.79 Å². The number of rotatable bonds is 4. The van der Waals surface area contributed by atoms with Gasteiger partial charge in [-0.3, -0.25) is 0 Å². The number of carboxylic acids is 1. The summed E-state index contributed by atoms with van der Waals surface area (Å²) in [4.78, 5) is 16.6. The van der Waals surface area contributed by atoms with Crippen LogP contribution in [0.4, 0.5) is 0 Å². The van der Waals surface area contributed by atoms with Gasteiger partial charge >= 0.3 is 5.97 Å². The number of thioether (sulfide) groups is 1. The average Bonchev–Trinajstić information content (AvgIpc) is 3.02. The number of carboxylic acid groups (broad SMARTS) is 1. The Kier molecular flexibility index (Phi) is 3.27. The zero-order chi connectivity index (χ0) is 13.2. The van der Waals surface area contributed by atoms with Crippen molar-refractivity contribution >= 4 is 34.7 Å². The first-order valence-corrected chi connectivity index (χ1v) is 7.46. The number of aromatic nitrogens is 2. The lowest BCUT2D eigenvalue weighted by Gasteiger charge is -1.93. The molecule has 19 heavy (non-hydrogen) atoms. The Hall–Kier alpha value is -1.79. The highest BCUT2D eigenvalue weighted by Gasteiger charge is 2.08. The summed E-state index contributed by atoms with van der Waals surface area (Å²) in [6.45, 7) is 0. The summed E-state index contributed by atoms with van der Waals surface area (Å²) < 4.78 is 1.98. The van der Waals surface area contributed by atoms with Crippen LogP contribution in [0.5, 0.6) is 0 Å². The summed E-state index contributed by atoms with van der Waals surface area (Å²) in [6.07, 6.45) is 3.95. The van der Waals surface area contributed by atoms with Crippen molar-refractivity contribution in [1.82, 2.24) is 9.38 Å². The summed E-state index contributed by atoms with van der Waals surface area (Å²) >= 11 is 2.85. The number of aromatic carboxylic acids is 1. The lowest BCUT2D eigenvalue weighted by Crippen LogP contribution is -1.89. The molecule has 0 saturated heterocycles. The highest BCUT2D eigenvalue weighted by atomic mass is 32.2. The van der Waals surface area contributed by atoms with Gasteiger partial charge in [-0.15, -0.1) is 23.1 Å². The van der Waals surface area contributed by atoms with Crippen molar-refractivity contribution in [1.29, 1.82) is 0 Å². The van der Waals surface area contributed by atoms with Gasteiger partial charge in [0.05, 0.1) is 5.69 Å². The third-order valence-corrected chi connectivity index (χ3v) is 4.66. The van der Waals surface area contributed by atoms with E-state index in [-0.39, 0.29) is 0 Å². The fraction of sp³-hybridized carbons (Fsp3) is 0.0769. The van der Waals surface area contributed by atoms with Crippen molar-refractivity contribution in [3.05, 3.63) is 52.6 Å². The van der Waals surface area contributed by atoms with E-state index < -0.39 is 5.97 Å². The second-order valence-corrected chi connectivity index (χ2v) is 5.90. The third kappa shape index (κ3) is 2.64. The first kappa shape index (κ1) is 12.3. The molecule has 0 bridgehead atoms. The van der Waals surface area contributed by atoms with E-state index in [2.05, 4.69) is 4.98 Å². The molecule has 0 radical (unpaired) electrons. The monoisotopic (exact) mass is 290 g/mol. The maximum Gasteiger partial charge on any atom is 0.345 e. The second-order valence-electron chi connectivity index (χ2n) is 3.94. The van der Waals surface area contributed by atoms with Gasteiger partial charge in [0.2, 0.25) is 0 Å². The molecule has 0 spiro atoms. The van der Waals surface area contributed by atoms with Gasteiger partial charge in [-0.25, -0.2) is 9.78 Å². The molecule has 3 rings (SSSR count). The molecule has 3 aromatic rings. The van der Waals surface area contributed by atoms with Gasteiger partial charge < -0.3 is 9.51 Å². The SMILES string of the molecule is O=C(O)c1cc(SCc2cn3ccccc3n2)cs1. The number of hydrogen-bond donors (Lipinski definition) is 1. The van der Waals surface area contributed by atoms with Gasteiger partial charge in [0, 0.05) is 28.4 Å². The van der Waals surface area contributed by atoms with Crippen LogP contribution in [0.25, 0.3) is 5.65 Å². The molecule has 0 amide bonds. The largest absolute Gasteiger partial charge is 0.477 e. The van der Waals surface area contributed by atoms with Crippen molar-refractivity contribution in [2.24, 2.45) is 0 Å². The highest BCUT2D eigenvalue weighted by molar-refractivity contribution is 7.98. The lowest BCUT2D eigenvalue weighted by atomic mass is 10.5. The van der Waals surface area contributed by atoms with E-state index in [1.54, 1.807) is 17.8 Å². The maximum absolute atomic E-state index is 10.8. The predicted molar refractivity (Wildman–Crippen MR) is 76.0 cm³/mol. The normalized spacial score (nSPS) is 10.9. The van der Waals surface area contributed by atoms with E-state index in [0.717, 1.165) is 22.0 Å². The van der Waals surface area contributed by atoms with Crippen molar-refractivity contribution < 1.29 is 9.90 Å². The van der Waals surface area contributed by atoms with E-state index in [4.69, 9.17) is 5.11 Å². The van der Waals surface area contributed by atoms with E-state index in [1.165, 1.54) is 11.3 Å². The summed E-state index contributed by atoms with van der Waals surface area (Å²) in [6, 6.07) is 7.58. The van der Waals surface area contributed by atoms with Crippen molar-refractivity contribution in [2.45, 2.75) is 10.6 Å². The summed E-state index contributed by atoms with van der Waals surface area (Å²) in [5, 5.41) is 10.7. The van der Waals surface area contributed by atoms with Gasteiger partial charge in [-0.2, -0.15) is 0 Å². The predicted octanol–water partition coefficient (Wildman–Crippen LogP) is 3.39. The first-order chi connectivity index (χ1) is 9.22. The number of thiophene rings is 1. The number of hydrogen-bond acceptors (Lipinski definition) is 4. The van der Waals surface area contributed by atoms with E-state index >= 15 is 0 Å². The Balaban J connectivity index is 1.72. The molecule has 0 atom stereocenters. The molecule has 3 heterocycles. The lowest BCUT2D eigenvalue weighted by molar-refractivity contribution is 0.0702. The van der Waals surface area contributed by atoms with Crippen LogP contribution >= 0.6 is 23.1 Å². The van der Waals surface area contributed by atoms with Crippen LogP contribution < -0.4 is 0 Å². The molecule has 96 valence electrons. The third-order valence-electron chi connectivity index (χ3n) is 2.59. The van der Waals surface area contributed by atoms with Crippen LogP contribution in [0.1, 0.15) is 15.4 Å². The molecule has 3 aromatic heterocycles. The van der Waals surface area contributed by atoms with E-state index in [1.807, 2.05) is 40.4 Å². The standard InChI is InChI=1S/C13H10N2O2S2/c16-13(17)11-5-10(8-19-11)18-7-9-6-15-4-2-1-3-12(15)14-9/h1-6,8H,7H2,(H,16,17). The van der Waals surface area contributed by atoms with Crippen molar-refractivity contribution in [3.8, 4) is 0 Å². The van der Waals surface area contributed by atoms with Crippen LogP contribution in [0, 0.1) is 0 Å². The summed E-state index contributed by atoms with van der Waals surface area (Å²) in [5.41, 5.74) is 1.91. The zero-order valence-electron chi connectivity index (χ0n) is 9.81. The number of nitrogens with zero attached hydrogens (tertiary/aromatic N) is 2. The maximum atomic E-state index is 10.8. The molecule has 6 heteroatoms. The summed E-state index contributed by atoms with van der Waals surface area (Å²) in [5.74, 6) is -0.137. The van der Waals surface area contributed by atoms with Gasteiger partial charge in [-0.05, 0) is 18.2 Å². The Morgan fingerprint density at radius 2 is 2.37 bits per heavy atom. The minimum Gasteiger partial charge on any atom is -0.477 e. The van der Waals surface area contributed by atoms with Gasteiger partial charge in [0.15, 0.2) is 0 Å². The molecule has 1 N–H and O–H groups in total. The smallest absolute Gasteiger partial charge is 0.345 e. The molecule has 4 nitrogen and oxygen atoms in total. The zero-order valence-corrected chi connectivity index (χ0v) is 11.4. The molecular weight excluding hydrogens is 280 g/mol. The van der Waals surface area contributed by atoms with E-state index in [0.29, 0.717) is 4.88 Å². The van der Waals surface area contributed by atoms with Gasteiger partial charge in [-0.1, -0.05) is 6.07 Å². The summed E-state index contributed by atoms with van der Waals surface area (Å²) in [7, 11) is 0. The fourth-order valence-corrected chi connectivity index (χ4v) is 3.47. The Bertz CT molecular complexity index is 700. The minimum absolute atomic E-state index is 0.373. The van der Waals surface area contributed by atoms with Crippen molar-refractivity contribution in [2.75, 3.05) is 0 Å². The molecule has 0 unspecified atom stereocenters. The number of imidazole rings is 1. The quantitative estimate of drug-likeness (QED) is 0.748. The van der Waals surface area contributed by atoms with Crippen LogP contribution in [0.2, 0.25) is 0 Å². The Morgan fingerprint density at radius 1 is 1.47 bits per heavy atom. The average molecular weight is 290 g/mol.